The van der Waals surface area contributed by atoms with Crippen LogP contribution in [-0.2, 0) is 19.3 Å². The Morgan fingerprint density at radius 2 is 1.73 bits per heavy atom. The Balaban J connectivity index is 1.59. The van der Waals surface area contributed by atoms with E-state index in [1.807, 2.05) is 12.1 Å². The second-order valence-electron chi connectivity index (χ2n) is 5.52. The molecule has 0 aliphatic heterocycles. The molecule has 0 aliphatic rings. The van der Waals surface area contributed by atoms with E-state index in [9.17, 15) is 13.2 Å². The minimum Gasteiger partial charge on any atom is -0.306 e. The van der Waals surface area contributed by atoms with E-state index in [0.29, 0.717) is 23.1 Å². The highest BCUT2D eigenvalue weighted by Crippen LogP contribution is 2.36. The fourth-order valence-corrected chi connectivity index (χ4v) is 3.71. The highest BCUT2D eigenvalue weighted by Gasteiger charge is 2.29. The van der Waals surface area contributed by atoms with Crippen LogP contribution in [-0.4, -0.2) is 4.98 Å². The number of nitrogens with one attached hydrogen (secondary N) is 1. The highest BCUT2D eigenvalue weighted by atomic mass is 35.5. The zero-order valence-corrected chi connectivity index (χ0v) is 15.6. The first-order valence-electron chi connectivity index (χ1n) is 7.60. The van der Waals surface area contributed by atoms with Crippen molar-refractivity contribution < 1.29 is 13.2 Å². The van der Waals surface area contributed by atoms with Crippen molar-refractivity contribution in [2.24, 2.45) is 0 Å². The van der Waals surface area contributed by atoms with E-state index < -0.39 is 11.7 Å². The summed E-state index contributed by atoms with van der Waals surface area (Å²) in [6.07, 6.45) is -2.58. The molecular weight excluding hydrogens is 404 g/mol. The van der Waals surface area contributed by atoms with Gasteiger partial charge in [-0.05, 0) is 23.8 Å². The van der Waals surface area contributed by atoms with Gasteiger partial charge in [-0.1, -0.05) is 47.5 Å². The van der Waals surface area contributed by atoms with Crippen molar-refractivity contribution in [3.63, 3.8) is 0 Å². The summed E-state index contributed by atoms with van der Waals surface area (Å²) in [7, 11) is 0. The molecule has 0 unspecified atom stereocenters. The third-order valence-corrected chi connectivity index (χ3v) is 5.51. The van der Waals surface area contributed by atoms with E-state index in [4.69, 9.17) is 23.2 Å². The van der Waals surface area contributed by atoms with Crippen LogP contribution in [0.1, 0.15) is 16.1 Å². The maximum absolute atomic E-state index is 12.5. The Bertz CT molecular complexity index is 892. The molecule has 1 N–H and O–H groups in total. The molecule has 2 aromatic carbocycles. The van der Waals surface area contributed by atoms with Crippen LogP contribution in [0.5, 0.6) is 0 Å². The molecule has 136 valence electrons. The normalized spacial score (nSPS) is 11.7. The summed E-state index contributed by atoms with van der Waals surface area (Å²) < 4.78 is 37.6. The molecular formula is C18H13Cl2F3N2S. The molecule has 0 bridgehead atoms. The number of aromatic nitrogens is 1. The number of halogens is 5. The third-order valence-electron chi connectivity index (χ3n) is 3.66. The standard InChI is InChI=1S/C18H13Cl2F3N2S/c19-14-3-1-2-13(17(14)20)15-9-25-16(26-15)10-24-8-11-4-6-12(7-5-11)18(21,22)23/h1-7,9,24H,8,10H2. The van der Waals surface area contributed by atoms with Gasteiger partial charge in [0.2, 0.25) is 0 Å². The first-order valence-corrected chi connectivity index (χ1v) is 9.18. The summed E-state index contributed by atoms with van der Waals surface area (Å²) in [6.45, 7) is 0.953. The van der Waals surface area contributed by atoms with Gasteiger partial charge in [-0.15, -0.1) is 11.3 Å². The fraction of sp³-hybridized carbons (Fsp3) is 0.167. The first-order chi connectivity index (χ1) is 12.3. The predicted molar refractivity (Wildman–Crippen MR) is 99.6 cm³/mol. The van der Waals surface area contributed by atoms with Gasteiger partial charge in [-0.3, -0.25) is 0 Å². The van der Waals surface area contributed by atoms with Gasteiger partial charge in [0.15, 0.2) is 0 Å². The van der Waals surface area contributed by atoms with Crippen molar-refractivity contribution in [1.82, 2.24) is 10.3 Å². The maximum Gasteiger partial charge on any atom is 0.416 e. The molecule has 0 aliphatic carbocycles. The van der Waals surface area contributed by atoms with Gasteiger partial charge in [0.25, 0.3) is 0 Å². The van der Waals surface area contributed by atoms with Gasteiger partial charge < -0.3 is 5.32 Å². The number of thiazole rings is 1. The first kappa shape index (κ1) is 19.2. The zero-order valence-electron chi connectivity index (χ0n) is 13.3. The van der Waals surface area contributed by atoms with Crippen LogP contribution in [0.25, 0.3) is 10.4 Å². The molecule has 0 radical (unpaired) electrons. The van der Waals surface area contributed by atoms with Gasteiger partial charge in [0.1, 0.15) is 5.01 Å². The minimum atomic E-state index is -4.31. The predicted octanol–water partition coefficient (Wildman–Crippen LogP) is 6.43. The zero-order chi connectivity index (χ0) is 18.7. The summed E-state index contributed by atoms with van der Waals surface area (Å²) in [4.78, 5) is 5.25. The van der Waals surface area contributed by atoms with Crippen LogP contribution >= 0.6 is 34.5 Å². The summed E-state index contributed by atoms with van der Waals surface area (Å²) in [6, 6.07) is 10.5. The van der Waals surface area contributed by atoms with Crippen molar-refractivity contribution in [2.75, 3.05) is 0 Å². The van der Waals surface area contributed by atoms with Gasteiger partial charge >= 0.3 is 6.18 Å². The van der Waals surface area contributed by atoms with Gasteiger partial charge in [-0.25, -0.2) is 4.98 Å². The van der Waals surface area contributed by atoms with Crippen LogP contribution in [0.4, 0.5) is 13.2 Å². The second kappa shape index (κ2) is 7.96. The fourth-order valence-electron chi connectivity index (χ4n) is 2.34. The molecule has 2 nitrogen and oxygen atoms in total. The van der Waals surface area contributed by atoms with Crippen molar-refractivity contribution in [3.8, 4) is 10.4 Å². The lowest BCUT2D eigenvalue weighted by Gasteiger charge is -2.08. The number of hydrogen-bond acceptors (Lipinski definition) is 3. The molecule has 3 rings (SSSR count). The van der Waals surface area contributed by atoms with Crippen molar-refractivity contribution >= 4 is 34.5 Å². The number of alkyl halides is 3. The number of nitrogens with zero attached hydrogens (tertiary/aromatic N) is 1. The van der Waals surface area contributed by atoms with E-state index in [0.717, 1.165) is 33.1 Å². The van der Waals surface area contributed by atoms with E-state index in [2.05, 4.69) is 10.3 Å². The van der Waals surface area contributed by atoms with Crippen LogP contribution in [0.2, 0.25) is 10.0 Å². The minimum absolute atomic E-state index is 0.449. The SMILES string of the molecule is FC(F)(F)c1ccc(CNCc2ncc(-c3cccc(Cl)c3Cl)s2)cc1. The molecule has 0 saturated heterocycles. The average molecular weight is 417 g/mol. The Labute approximate surface area is 162 Å². The Hall–Kier alpha value is -1.60. The monoisotopic (exact) mass is 416 g/mol. The number of hydrogen-bond donors (Lipinski definition) is 1. The lowest BCUT2D eigenvalue weighted by molar-refractivity contribution is -0.137. The molecule has 0 spiro atoms. The van der Waals surface area contributed by atoms with Crippen molar-refractivity contribution in [3.05, 3.63) is 74.8 Å². The largest absolute Gasteiger partial charge is 0.416 e. The van der Waals surface area contributed by atoms with E-state index in [1.165, 1.54) is 23.5 Å². The summed E-state index contributed by atoms with van der Waals surface area (Å²) in [5.74, 6) is 0. The topological polar surface area (TPSA) is 24.9 Å². The molecule has 0 saturated carbocycles. The van der Waals surface area contributed by atoms with Crippen molar-refractivity contribution in [2.45, 2.75) is 19.3 Å². The Morgan fingerprint density at radius 1 is 1.00 bits per heavy atom. The number of benzene rings is 2. The lowest BCUT2D eigenvalue weighted by Crippen LogP contribution is -2.12. The van der Waals surface area contributed by atoms with Gasteiger partial charge in [0.05, 0.1) is 20.5 Å². The average Bonchev–Trinajstić information content (AvgIpc) is 3.06. The molecule has 0 atom stereocenters. The number of rotatable bonds is 5. The molecule has 3 aromatic rings. The molecule has 0 amide bonds. The molecule has 1 aromatic heterocycles. The lowest BCUT2D eigenvalue weighted by atomic mass is 10.1. The van der Waals surface area contributed by atoms with Crippen LogP contribution in [0, 0.1) is 0 Å². The molecule has 0 fully saturated rings. The van der Waals surface area contributed by atoms with Crippen LogP contribution in [0.3, 0.4) is 0 Å². The van der Waals surface area contributed by atoms with Crippen molar-refractivity contribution in [1.29, 1.82) is 0 Å². The van der Waals surface area contributed by atoms with E-state index in [1.54, 1.807) is 12.3 Å². The highest BCUT2D eigenvalue weighted by molar-refractivity contribution is 7.15. The maximum atomic E-state index is 12.5. The Kier molecular flexibility index (Phi) is 5.87. The summed E-state index contributed by atoms with van der Waals surface area (Å²) >= 11 is 13.7. The second-order valence-corrected chi connectivity index (χ2v) is 7.42. The molecule has 1 heterocycles. The smallest absolute Gasteiger partial charge is 0.306 e. The molecule has 8 heteroatoms. The third kappa shape index (κ3) is 4.57. The van der Waals surface area contributed by atoms with Gasteiger partial charge in [0, 0.05) is 24.8 Å². The van der Waals surface area contributed by atoms with Crippen LogP contribution < -0.4 is 5.32 Å². The molecule has 26 heavy (non-hydrogen) atoms. The van der Waals surface area contributed by atoms with Crippen LogP contribution in [0.15, 0.2) is 48.7 Å². The summed E-state index contributed by atoms with van der Waals surface area (Å²) in [5.41, 5.74) is 0.947. The summed E-state index contributed by atoms with van der Waals surface area (Å²) in [5, 5.41) is 5.00. The quantitative estimate of drug-likeness (QED) is 0.518. The van der Waals surface area contributed by atoms with Gasteiger partial charge in [-0.2, -0.15) is 13.2 Å². The van der Waals surface area contributed by atoms with E-state index >= 15 is 0 Å². The van der Waals surface area contributed by atoms with E-state index in [-0.39, 0.29) is 0 Å². The Morgan fingerprint density at radius 3 is 2.42 bits per heavy atom.